The lowest BCUT2D eigenvalue weighted by molar-refractivity contribution is 0.243. The molecule has 0 aliphatic carbocycles. The lowest BCUT2D eigenvalue weighted by Gasteiger charge is -2.20. The van der Waals surface area contributed by atoms with Gasteiger partial charge in [-0.2, -0.15) is 0 Å². The molecular formula is C16H28N2O. The van der Waals surface area contributed by atoms with Gasteiger partial charge in [0.25, 0.3) is 0 Å². The maximum atomic E-state index is 5.65. The second-order valence-electron chi connectivity index (χ2n) is 6.11. The highest BCUT2D eigenvalue weighted by Crippen LogP contribution is 2.25. The highest BCUT2D eigenvalue weighted by Gasteiger charge is 2.20. The van der Waals surface area contributed by atoms with Gasteiger partial charge < -0.3 is 9.73 Å². The van der Waals surface area contributed by atoms with Crippen molar-refractivity contribution in [2.75, 3.05) is 20.1 Å². The molecule has 2 heterocycles. The average Bonchev–Trinajstić information content (AvgIpc) is 2.67. The minimum atomic E-state index is 0.823. The highest BCUT2D eigenvalue weighted by molar-refractivity contribution is 5.16. The SMILES string of the molecule is CNCc1ccoc1CN1CCCC(C(C)C)CC1. The van der Waals surface area contributed by atoms with Gasteiger partial charge in [-0.3, -0.25) is 4.90 Å². The first-order chi connectivity index (χ1) is 9.20. The molecule has 0 spiro atoms. The molecular weight excluding hydrogens is 236 g/mol. The smallest absolute Gasteiger partial charge is 0.122 e. The minimum Gasteiger partial charge on any atom is -0.468 e. The van der Waals surface area contributed by atoms with Gasteiger partial charge in [0, 0.05) is 12.1 Å². The van der Waals surface area contributed by atoms with E-state index in [1.807, 2.05) is 13.3 Å². The molecule has 0 radical (unpaired) electrons. The fraction of sp³-hybridized carbons (Fsp3) is 0.750. The Bertz CT molecular complexity index is 373. The number of hydrogen-bond acceptors (Lipinski definition) is 3. The van der Waals surface area contributed by atoms with Crippen molar-refractivity contribution in [2.45, 2.75) is 46.2 Å². The molecule has 0 amide bonds. The molecule has 3 nitrogen and oxygen atoms in total. The topological polar surface area (TPSA) is 28.4 Å². The van der Waals surface area contributed by atoms with E-state index in [9.17, 15) is 0 Å². The van der Waals surface area contributed by atoms with Crippen molar-refractivity contribution < 1.29 is 4.42 Å². The van der Waals surface area contributed by atoms with Crippen LogP contribution in [0.15, 0.2) is 16.7 Å². The van der Waals surface area contributed by atoms with Crippen LogP contribution < -0.4 is 5.32 Å². The summed E-state index contributed by atoms with van der Waals surface area (Å²) in [5.41, 5.74) is 1.30. The summed E-state index contributed by atoms with van der Waals surface area (Å²) < 4.78 is 5.65. The molecule has 1 aromatic rings. The van der Waals surface area contributed by atoms with Crippen LogP contribution in [0.25, 0.3) is 0 Å². The first kappa shape index (κ1) is 14.6. The van der Waals surface area contributed by atoms with Crippen molar-refractivity contribution >= 4 is 0 Å². The van der Waals surface area contributed by atoms with Gasteiger partial charge in [-0.05, 0) is 57.3 Å². The molecule has 2 rings (SSSR count). The molecule has 19 heavy (non-hydrogen) atoms. The van der Waals surface area contributed by atoms with Crippen LogP contribution >= 0.6 is 0 Å². The first-order valence-electron chi connectivity index (χ1n) is 7.63. The molecule has 0 bridgehead atoms. The molecule has 0 saturated carbocycles. The Morgan fingerprint density at radius 3 is 2.95 bits per heavy atom. The summed E-state index contributed by atoms with van der Waals surface area (Å²) in [6, 6.07) is 2.08. The normalized spacial score (nSPS) is 21.8. The van der Waals surface area contributed by atoms with Gasteiger partial charge in [-0.25, -0.2) is 0 Å². The van der Waals surface area contributed by atoms with Crippen LogP contribution in [0.3, 0.4) is 0 Å². The van der Waals surface area contributed by atoms with Crippen LogP contribution in [0.1, 0.15) is 44.4 Å². The predicted molar refractivity (Wildman–Crippen MR) is 78.9 cm³/mol. The second kappa shape index (κ2) is 7.11. The molecule has 108 valence electrons. The number of nitrogens with zero attached hydrogens (tertiary/aromatic N) is 1. The first-order valence-corrected chi connectivity index (χ1v) is 7.63. The number of likely N-dealkylation sites (tertiary alicyclic amines) is 1. The van der Waals surface area contributed by atoms with E-state index in [1.165, 1.54) is 37.9 Å². The summed E-state index contributed by atoms with van der Waals surface area (Å²) in [5, 5.41) is 3.20. The van der Waals surface area contributed by atoms with Gasteiger partial charge in [-0.15, -0.1) is 0 Å². The summed E-state index contributed by atoms with van der Waals surface area (Å²) in [7, 11) is 1.98. The van der Waals surface area contributed by atoms with Crippen LogP contribution in [0.2, 0.25) is 0 Å². The largest absolute Gasteiger partial charge is 0.468 e. The lowest BCUT2D eigenvalue weighted by atomic mass is 9.89. The molecule has 1 atom stereocenters. The van der Waals surface area contributed by atoms with E-state index in [0.29, 0.717) is 0 Å². The number of nitrogens with one attached hydrogen (secondary N) is 1. The summed E-state index contributed by atoms with van der Waals surface area (Å²) in [5.74, 6) is 2.86. The van der Waals surface area contributed by atoms with Crippen LogP contribution in [0, 0.1) is 11.8 Å². The van der Waals surface area contributed by atoms with Crippen LogP contribution in [0.5, 0.6) is 0 Å². The molecule has 3 heteroatoms. The van der Waals surface area contributed by atoms with Gasteiger partial charge in [0.2, 0.25) is 0 Å². The van der Waals surface area contributed by atoms with E-state index in [4.69, 9.17) is 4.42 Å². The summed E-state index contributed by atoms with van der Waals surface area (Å²) in [6.07, 6.45) is 5.86. The Kier molecular flexibility index (Phi) is 5.46. The molecule has 1 N–H and O–H groups in total. The van der Waals surface area contributed by atoms with E-state index in [1.54, 1.807) is 0 Å². The third kappa shape index (κ3) is 4.08. The number of hydrogen-bond donors (Lipinski definition) is 1. The maximum absolute atomic E-state index is 5.65. The van der Waals surface area contributed by atoms with Crippen molar-refractivity contribution in [3.63, 3.8) is 0 Å². The van der Waals surface area contributed by atoms with Crippen LogP contribution in [-0.2, 0) is 13.1 Å². The molecule has 1 unspecified atom stereocenters. The van der Waals surface area contributed by atoms with Crippen molar-refractivity contribution in [3.8, 4) is 0 Å². The average molecular weight is 264 g/mol. The standard InChI is InChI=1S/C16H28N2O/c1-13(2)14-5-4-8-18(9-6-14)12-16-15(11-17-3)7-10-19-16/h7,10,13-14,17H,4-6,8-9,11-12H2,1-3H3. The Balaban J connectivity index is 1.90. The van der Waals surface area contributed by atoms with Gasteiger partial charge in [-0.1, -0.05) is 13.8 Å². The molecule has 1 aromatic heterocycles. The summed E-state index contributed by atoms with van der Waals surface area (Å²) in [6.45, 7) is 9.00. The fourth-order valence-corrected chi connectivity index (χ4v) is 3.06. The zero-order valence-corrected chi connectivity index (χ0v) is 12.6. The number of rotatable bonds is 5. The molecule has 1 saturated heterocycles. The van der Waals surface area contributed by atoms with E-state index in [-0.39, 0.29) is 0 Å². The molecule has 1 aliphatic rings. The van der Waals surface area contributed by atoms with Gasteiger partial charge in [0.05, 0.1) is 12.8 Å². The van der Waals surface area contributed by atoms with E-state index in [2.05, 4.69) is 30.1 Å². The number of furan rings is 1. The van der Waals surface area contributed by atoms with Crippen LogP contribution in [0.4, 0.5) is 0 Å². The van der Waals surface area contributed by atoms with Gasteiger partial charge in [0.1, 0.15) is 5.76 Å². The summed E-state index contributed by atoms with van der Waals surface area (Å²) >= 11 is 0. The highest BCUT2D eigenvalue weighted by atomic mass is 16.3. The maximum Gasteiger partial charge on any atom is 0.122 e. The lowest BCUT2D eigenvalue weighted by Crippen LogP contribution is -2.25. The zero-order chi connectivity index (χ0) is 13.7. The van der Waals surface area contributed by atoms with E-state index >= 15 is 0 Å². The Morgan fingerprint density at radius 2 is 2.21 bits per heavy atom. The van der Waals surface area contributed by atoms with Crippen molar-refractivity contribution in [1.82, 2.24) is 10.2 Å². The van der Waals surface area contributed by atoms with Crippen LogP contribution in [-0.4, -0.2) is 25.0 Å². The minimum absolute atomic E-state index is 0.823. The van der Waals surface area contributed by atoms with Gasteiger partial charge in [0.15, 0.2) is 0 Å². The van der Waals surface area contributed by atoms with Crippen molar-refractivity contribution in [1.29, 1.82) is 0 Å². The van der Waals surface area contributed by atoms with Crippen molar-refractivity contribution in [2.24, 2.45) is 11.8 Å². The third-order valence-electron chi connectivity index (χ3n) is 4.38. The molecule has 1 aliphatic heterocycles. The van der Waals surface area contributed by atoms with Gasteiger partial charge >= 0.3 is 0 Å². The monoisotopic (exact) mass is 264 g/mol. The molecule has 0 aromatic carbocycles. The Labute approximate surface area is 117 Å². The van der Waals surface area contributed by atoms with E-state index < -0.39 is 0 Å². The molecule has 1 fully saturated rings. The third-order valence-corrected chi connectivity index (χ3v) is 4.38. The van der Waals surface area contributed by atoms with E-state index in [0.717, 1.165) is 30.7 Å². The van der Waals surface area contributed by atoms with Crippen molar-refractivity contribution in [3.05, 3.63) is 23.7 Å². The second-order valence-corrected chi connectivity index (χ2v) is 6.11. The Hall–Kier alpha value is -0.800. The zero-order valence-electron chi connectivity index (χ0n) is 12.6. The summed E-state index contributed by atoms with van der Waals surface area (Å²) in [4.78, 5) is 2.56. The Morgan fingerprint density at radius 1 is 1.37 bits per heavy atom. The predicted octanol–water partition coefficient (Wildman–Crippen LogP) is 3.26. The quantitative estimate of drug-likeness (QED) is 0.885. The fourth-order valence-electron chi connectivity index (χ4n) is 3.06.